The van der Waals surface area contributed by atoms with Gasteiger partial charge in [-0.3, -0.25) is 0 Å². The topological polar surface area (TPSA) is 46.5 Å². The predicted molar refractivity (Wildman–Crippen MR) is 49.0 cm³/mol. The number of ether oxygens (including phenoxy) is 1. The fraction of sp³-hybridized carbons (Fsp3) is 0.300. The monoisotopic (exact) mass is 180 g/mol. The van der Waals surface area contributed by atoms with Crippen molar-refractivity contribution in [2.45, 2.75) is 13.8 Å². The van der Waals surface area contributed by atoms with Crippen LogP contribution in [0.1, 0.15) is 11.1 Å². The molecule has 0 aliphatic heterocycles. The molecule has 0 spiro atoms. The lowest BCUT2D eigenvalue weighted by molar-refractivity contribution is -0.139. The Kier molecular flexibility index (Phi) is 2.90. The highest BCUT2D eigenvalue weighted by Crippen LogP contribution is 2.20. The second-order valence-corrected chi connectivity index (χ2v) is 2.88. The first-order chi connectivity index (χ1) is 6.11. The lowest BCUT2D eigenvalue weighted by atomic mass is 10.1. The zero-order valence-electron chi connectivity index (χ0n) is 7.70. The lowest BCUT2D eigenvalue weighted by Crippen LogP contribution is -2.10. The molecule has 0 saturated carbocycles. The minimum Gasteiger partial charge on any atom is -0.482 e. The number of carbonyl (C=O) groups is 1. The number of benzene rings is 1. The number of aryl methyl sites for hydroxylation is 1. The van der Waals surface area contributed by atoms with E-state index in [2.05, 4.69) is 0 Å². The molecule has 0 saturated heterocycles. The van der Waals surface area contributed by atoms with E-state index in [0.717, 1.165) is 11.1 Å². The molecule has 0 atom stereocenters. The smallest absolute Gasteiger partial charge is 0.341 e. The second kappa shape index (κ2) is 3.94. The molecule has 13 heavy (non-hydrogen) atoms. The number of hydrogen-bond donors (Lipinski definition) is 1. The molecular weight excluding hydrogens is 168 g/mol. The summed E-state index contributed by atoms with van der Waals surface area (Å²) in [6.45, 7) is 3.58. The van der Waals surface area contributed by atoms with Gasteiger partial charge in [0.25, 0.3) is 0 Å². The Morgan fingerprint density at radius 2 is 2.15 bits per heavy atom. The van der Waals surface area contributed by atoms with Gasteiger partial charge in [-0.15, -0.1) is 0 Å². The average molecular weight is 180 g/mol. The molecule has 0 bridgehead atoms. The Morgan fingerprint density at radius 3 is 2.77 bits per heavy atom. The molecule has 0 radical (unpaired) electrons. The van der Waals surface area contributed by atoms with Gasteiger partial charge < -0.3 is 9.84 Å². The third-order valence-electron chi connectivity index (χ3n) is 1.91. The van der Waals surface area contributed by atoms with Gasteiger partial charge in [-0.1, -0.05) is 12.1 Å². The summed E-state index contributed by atoms with van der Waals surface area (Å²) in [4.78, 5) is 10.2. The SMILES string of the molecule is Cc1cccc(OCC(=O)O)c1C. The van der Waals surface area contributed by atoms with Crippen LogP contribution >= 0.6 is 0 Å². The van der Waals surface area contributed by atoms with Gasteiger partial charge >= 0.3 is 5.97 Å². The van der Waals surface area contributed by atoms with Crippen molar-refractivity contribution in [3.05, 3.63) is 29.3 Å². The maximum atomic E-state index is 10.2. The second-order valence-electron chi connectivity index (χ2n) is 2.88. The van der Waals surface area contributed by atoms with Crippen molar-refractivity contribution < 1.29 is 14.6 Å². The highest BCUT2D eigenvalue weighted by molar-refractivity contribution is 5.68. The van der Waals surface area contributed by atoms with Crippen LogP contribution in [-0.2, 0) is 4.79 Å². The molecule has 1 aromatic carbocycles. The van der Waals surface area contributed by atoms with E-state index in [4.69, 9.17) is 9.84 Å². The van der Waals surface area contributed by atoms with Gasteiger partial charge in [0, 0.05) is 0 Å². The Morgan fingerprint density at radius 1 is 1.46 bits per heavy atom. The molecule has 1 rings (SSSR count). The van der Waals surface area contributed by atoms with Crippen molar-refractivity contribution in [3.63, 3.8) is 0 Å². The summed E-state index contributed by atoms with van der Waals surface area (Å²) < 4.78 is 5.08. The largest absolute Gasteiger partial charge is 0.482 e. The highest BCUT2D eigenvalue weighted by Gasteiger charge is 2.03. The normalized spacial score (nSPS) is 9.69. The molecule has 0 amide bonds. The Hall–Kier alpha value is -1.51. The van der Waals surface area contributed by atoms with Crippen LogP contribution in [0.15, 0.2) is 18.2 Å². The number of carboxylic acids is 1. The minimum absolute atomic E-state index is 0.287. The Labute approximate surface area is 77.0 Å². The van der Waals surface area contributed by atoms with Gasteiger partial charge in [0.15, 0.2) is 6.61 Å². The van der Waals surface area contributed by atoms with E-state index in [0.29, 0.717) is 5.75 Å². The summed E-state index contributed by atoms with van der Waals surface area (Å²) in [7, 11) is 0. The van der Waals surface area contributed by atoms with Crippen molar-refractivity contribution in [2.24, 2.45) is 0 Å². The fourth-order valence-electron chi connectivity index (χ4n) is 1.02. The summed E-state index contributed by atoms with van der Waals surface area (Å²) in [5.41, 5.74) is 2.09. The van der Waals surface area contributed by atoms with Crippen molar-refractivity contribution in [1.29, 1.82) is 0 Å². The molecule has 3 heteroatoms. The van der Waals surface area contributed by atoms with Crippen LogP contribution in [-0.4, -0.2) is 17.7 Å². The van der Waals surface area contributed by atoms with Crippen molar-refractivity contribution in [2.75, 3.05) is 6.61 Å². The maximum Gasteiger partial charge on any atom is 0.341 e. The number of carboxylic acid groups (broad SMARTS) is 1. The van der Waals surface area contributed by atoms with Gasteiger partial charge in [-0.2, -0.15) is 0 Å². The molecule has 0 aliphatic carbocycles. The standard InChI is InChI=1S/C10H12O3/c1-7-4-3-5-9(8(7)2)13-6-10(11)12/h3-5H,6H2,1-2H3,(H,11,12). The van der Waals surface area contributed by atoms with Crippen molar-refractivity contribution in [1.82, 2.24) is 0 Å². The zero-order chi connectivity index (χ0) is 9.84. The number of aliphatic carboxylic acids is 1. The van der Waals surface area contributed by atoms with E-state index < -0.39 is 5.97 Å². The molecule has 1 N–H and O–H groups in total. The quantitative estimate of drug-likeness (QED) is 0.771. The lowest BCUT2D eigenvalue weighted by Gasteiger charge is -2.08. The van der Waals surface area contributed by atoms with E-state index in [-0.39, 0.29) is 6.61 Å². The zero-order valence-corrected chi connectivity index (χ0v) is 7.70. The van der Waals surface area contributed by atoms with Crippen LogP contribution in [0.5, 0.6) is 5.75 Å². The van der Waals surface area contributed by atoms with Gasteiger partial charge in [-0.05, 0) is 31.0 Å². The van der Waals surface area contributed by atoms with Crippen molar-refractivity contribution >= 4 is 5.97 Å². The van der Waals surface area contributed by atoms with Gasteiger partial charge in [0.05, 0.1) is 0 Å². The third-order valence-corrected chi connectivity index (χ3v) is 1.91. The molecule has 0 aromatic heterocycles. The minimum atomic E-state index is -0.957. The molecule has 0 fully saturated rings. The summed E-state index contributed by atoms with van der Waals surface area (Å²) >= 11 is 0. The summed E-state index contributed by atoms with van der Waals surface area (Å²) in [6, 6.07) is 5.58. The fourth-order valence-corrected chi connectivity index (χ4v) is 1.02. The molecule has 0 aliphatic rings. The number of hydrogen-bond acceptors (Lipinski definition) is 2. The molecular formula is C10H12O3. The first-order valence-corrected chi connectivity index (χ1v) is 4.02. The maximum absolute atomic E-state index is 10.2. The van der Waals surface area contributed by atoms with Gasteiger partial charge in [-0.25, -0.2) is 4.79 Å². The van der Waals surface area contributed by atoms with E-state index in [1.54, 1.807) is 6.07 Å². The van der Waals surface area contributed by atoms with E-state index in [1.165, 1.54) is 0 Å². The molecule has 0 heterocycles. The van der Waals surface area contributed by atoms with E-state index >= 15 is 0 Å². The van der Waals surface area contributed by atoms with E-state index in [1.807, 2.05) is 26.0 Å². The summed E-state index contributed by atoms with van der Waals surface area (Å²) in [5.74, 6) is -0.316. The van der Waals surface area contributed by atoms with E-state index in [9.17, 15) is 4.79 Å². The predicted octanol–water partition coefficient (Wildman–Crippen LogP) is 1.77. The number of rotatable bonds is 3. The average Bonchev–Trinajstić information content (AvgIpc) is 2.07. The van der Waals surface area contributed by atoms with Crippen LogP contribution in [0.25, 0.3) is 0 Å². The Balaban J connectivity index is 2.77. The third kappa shape index (κ3) is 2.47. The van der Waals surface area contributed by atoms with Gasteiger partial charge in [0.1, 0.15) is 5.75 Å². The van der Waals surface area contributed by atoms with Crippen LogP contribution in [0.3, 0.4) is 0 Å². The highest BCUT2D eigenvalue weighted by atomic mass is 16.5. The van der Waals surface area contributed by atoms with Crippen molar-refractivity contribution in [3.8, 4) is 5.75 Å². The van der Waals surface area contributed by atoms with Crippen LogP contribution in [0.2, 0.25) is 0 Å². The van der Waals surface area contributed by atoms with Crippen LogP contribution in [0.4, 0.5) is 0 Å². The molecule has 3 nitrogen and oxygen atoms in total. The first kappa shape index (κ1) is 9.58. The molecule has 0 unspecified atom stereocenters. The summed E-state index contributed by atoms with van der Waals surface area (Å²) in [5, 5.41) is 8.41. The van der Waals surface area contributed by atoms with Crippen LogP contribution < -0.4 is 4.74 Å². The first-order valence-electron chi connectivity index (χ1n) is 4.02. The Bertz CT molecular complexity index is 318. The summed E-state index contributed by atoms with van der Waals surface area (Å²) in [6.07, 6.45) is 0. The van der Waals surface area contributed by atoms with Gasteiger partial charge in [0.2, 0.25) is 0 Å². The molecule has 70 valence electrons. The van der Waals surface area contributed by atoms with Crippen LogP contribution in [0, 0.1) is 13.8 Å². The molecule has 1 aromatic rings.